The number of hydrogen-bond donors (Lipinski definition) is 1. The Morgan fingerprint density at radius 2 is 2.13 bits per heavy atom. The van der Waals surface area contributed by atoms with Crippen LogP contribution in [0.25, 0.3) is 0 Å². The number of hydrogen-bond acceptors (Lipinski definition) is 5. The Labute approximate surface area is 131 Å². The van der Waals surface area contributed by atoms with Gasteiger partial charge in [-0.25, -0.2) is 4.39 Å². The van der Waals surface area contributed by atoms with Crippen LogP contribution in [-0.2, 0) is 9.63 Å². The molecular weight excluding hydrogens is 303 g/mol. The SMILES string of the molecule is O=C(CO/N=C\c1cccc(F)c1)Nc1ccc2c(c1)OCO2. The monoisotopic (exact) mass is 316 g/mol. The summed E-state index contributed by atoms with van der Waals surface area (Å²) in [5.41, 5.74) is 1.11. The van der Waals surface area contributed by atoms with Crippen molar-refractivity contribution < 1.29 is 23.5 Å². The fraction of sp³-hybridized carbons (Fsp3) is 0.125. The molecule has 0 saturated carbocycles. The van der Waals surface area contributed by atoms with Crippen molar-refractivity contribution in [2.45, 2.75) is 0 Å². The number of oxime groups is 1. The minimum Gasteiger partial charge on any atom is -0.454 e. The fourth-order valence-electron chi connectivity index (χ4n) is 1.95. The molecule has 1 N–H and O–H groups in total. The van der Waals surface area contributed by atoms with Crippen LogP contribution < -0.4 is 14.8 Å². The van der Waals surface area contributed by atoms with Gasteiger partial charge in [0.05, 0.1) is 6.21 Å². The van der Waals surface area contributed by atoms with Crippen molar-refractivity contribution in [3.05, 3.63) is 53.8 Å². The summed E-state index contributed by atoms with van der Waals surface area (Å²) in [5, 5.41) is 6.27. The van der Waals surface area contributed by atoms with Crippen LogP contribution in [0.1, 0.15) is 5.56 Å². The van der Waals surface area contributed by atoms with Crippen molar-refractivity contribution in [2.75, 3.05) is 18.7 Å². The van der Waals surface area contributed by atoms with E-state index >= 15 is 0 Å². The van der Waals surface area contributed by atoms with Crippen LogP contribution in [0.3, 0.4) is 0 Å². The van der Waals surface area contributed by atoms with Crippen molar-refractivity contribution >= 4 is 17.8 Å². The van der Waals surface area contributed by atoms with Gasteiger partial charge in [0.2, 0.25) is 6.79 Å². The van der Waals surface area contributed by atoms with E-state index in [0.717, 1.165) is 0 Å². The van der Waals surface area contributed by atoms with Gasteiger partial charge >= 0.3 is 0 Å². The second-order valence-electron chi connectivity index (χ2n) is 4.68. The first-order chi connectivity index (χ1) is 11.2. The Bertz CT molecular complexity index is 749. The van der Waals surface area contributed by atoms with Crippen LogP contribution in [0, 0.1) is 5.82 Å². The van der Waals surface area contributed by atoms with Gasteiger partial charge in [-0.1, -0.05) is 17.3 Å². The lowest BCUT2D eigenvalue weighted by Crippen LogP contribution is -2.16. The first kappa shape index (κ1) is 14.8. The van der Waals surface area contributed by atoms with Gasteiger partial charge in [0, 0.05) is 11.8 Å². The highest BCUT2D eigenvalue weighted by molar-refractivity contribution is 5.92. The van der Waals surface area contributed by atoms with E-state index in [1.165, 1.54) is 18.3 Å². The van der Waals surface area contributed by atoms with E-state index in [1.54, 1.807) is 30.3 Å². The van der Waals surface area contributed by atoms with E-state index in [4.69, 9.17) is 14.3 Å². The number of carbonyl (C=O) groups is 1. The van der Waals surface area contributed by atoms with Crippen LogP contribution >= 0.6 is 0 Å². The van der Waals surface area contributed by atoms with Crippen LogP contribution in [-0.4, -0.2) is 25.5 Å². The Morgan fingerprint density at radius 1 is 1.26 bits per heavy atom. The molecule has 1 aliphatic heterocycles. The maximum Gasteiger partial charge on any atom is 0.265 e. The number of rotatable bonds is 5. The average molecular weight is 316 g/mol. The molecule has 1 heterocycles. The molecule has 7 heteroatoms. The summed E-state index contributed by atoms with van der Waals surface area (Å²) < 4.78 is 23.4. The molecule has 3 rings (SSSR count). The van der Waals surface area contributed by atoms with Crippen molar-refractivity contribution in [1.29, 1.82) is 0 Å². The molecule has 2 aromatic rings. The first-order valence-corrected chi connectivity index (χ1v) is 6.81. The number of nitrogens with one attached hydrogen (secondary N) is 1. The summed E-state index contributed by atoms with van der Waals surface area (Å²) >= 11 is 0. The molecule has 1 aliphatic rings. The van der Waals surface area contributed by atoms with Crippen molar-refractivity contribution in [3.63, 3.8) is 0 Å². The summed E-state index contributed by atoms with van der Waals surface area (Å²) in [5.74, 6) is 0.474. The molecule has 0 aliphatic carbocycles. The largest absolute Gasteiger partial charge is 0.454 e. The lowest BCUT2D eigenvalue weighted by molar-refractivity contribution is -0.120. The summed E-state index contributed by atoms with van der Waals surface area (Å²) in [7, 11) is 0. The number of ether oxygens (including phenoxy) is 2. The zero-order chi connectivity index (χ0) is 16.1. The Kier molecular flexibility index (Phi) is 4.37. The van der Waals surface area contributed by atoms with Gasteiger partial charge in [-0.15, -0.1) is 0 Å². The Balaban J connectivity index is 1.48. The van der Waals surface area contributed by atoms with E-state index in [9.17, 15) is 9.18 Å². The number of nitrogens with zero attached hydrogens (tertiary/aromatic N) is 1. The maximum atomic E-state index is 13.0. The van der Waals surface area contributed by atoms with E-state index in [2.05, 4.69) is 10.5 Å². The quantitative estimate of drug-likeness (QED) is 0.680. The molecule has 1 amide bonds. The van der Waals surface area contributed by atoms with E-state index in [-0.39, 0.29) is 25.1 Å². The second kappa shape index (κ2) is 6.78. The molecule has 0 bridgehead atoms. The van der Waals surface area contributed by atoms with E-state index in [1.807, 2.05) is 0 Å². The number of amides is 1. The molecule has 0 spiro atoms. The first-order valence-electron chi connectivity index (χ1n) is 6.81. The Hall–Kier alpha value is -3.09. The lowest BCUT2D eigenvalue weighted by atomic mass is 10.2. The van der Waals surface area contributed by atoms with Gasteiger partial charge in [0.15, 0.2) is 18.1 Å². The van der Waals surface area contributed by atoms with Crippen molar-refractivity contribution in [2.24, 2.45) is 5.16 Å². The van der Waals surface area contributed by atoms with Gasteiger partial charge < -0.3 is 19.6 Å². The third-order valence-corrected chi connectivity index (χ3v) is 2.98. The van der Waals surface area contributed by atoms with Crippen LogP contribution in [0.2, 0.25) is 0 Å². The summed E-state index contributed by atoms with van der Waals surface area (Å²) in [6.45, 7) is -0.0924. The number of anilines is 1. The molecule has 6 nitrogen and oxygen atoms in total. The minimum atomic E-state index is -0.375. The molecular formula is C16H13FN2O4. The highest BCUT2D eigenvalue weighted by atomic mass is 19.1. The smallest absolute Gasteiger partial charge is 0.265 e. The number of fused-ring (bicyclic) bond motifs is 1. The second-order valence-corrected chi connectivity index (χ2v) is 4.68. The number of benzene rings is 2. The molecule has 0 radical (unpaired) electrons. The van der Waals surface area contributed by atoms with E-state index in [0.29, 0.717) is 22.7 Å². The number of carbonyl (C=O) groups excluding carboxylic acids is 1. The van der Waals surface area contributed by atoms with Crippen LogP contribution in [0.5, 0.6) is 11.5 Å². The summed E-state index contributed by atoms with van der Waals surface area (Å²) in [4.78, 5) is 16.6. The third kappa shape index (κ3) is 3.97. The highest BCUT2D eigenvalue weighted by Gasteiger charge is 2.14. The summed E-state index contributed by atoms with van der Waals surface area (Å²) in [6.07, 6.45) is 1.33. The topological polar surface area (TPSA) is 69.2 Å². The van der Waals surface area contributed by atoms with Gasteiger partial charge in [0.25, 0.3) is 5.91 Å². The van der Waals surface area contributed by atoms with Crippen LogP contribution in [0.15, 0.2) is 47.6 Å². The molecule has 0 unspecified atom stereocenters. The normalized spacial score (nSPS) is 12.4. The average Bonchev–Trinajstić information content (AvgIpc) is 2.99. The van der Waals surface area contributed by atoms with Crippen molar-refractivity contribution in [3.8, 4) is 11.5 Å². The zero-order valence-electron chi connectivity index (χ0n) is 12.0. The zero-order valence-corrected chi connectivity index (χ0v) is 12.0. The minimum absolute atomic E-state index is 0.171. The van der Waals surface area contributed by atoms with E-state index < -0.39 is 0 Å². The third-order valence-electron chi connectivity index (χ3n) is 2.98. The Morgan fingerprint density at radius 3 is 3.00 bits per heavy atom. The van der Waals surface area contributed by atoms with Gasteiger partial charge in [-0.2, -0.15) is 0 Å². The van der Waals surface area contributed by atoms with Crippen molar-refractivity contribution in [1.82, 2.24) is 0 Å². The predicted molar refractivity (Wildman–Crippen MR) is 81.1 cm³/mol. The molecule has 118 valence electrons. The lowest BCUT2D eigenvalue weighted by Gasteiger charge is -2.05. The van der Waals surface area contributed by atoms with Gasteiger partial charge in [-0.05, 0) is 29.8 Å². The molecule has 2 aromatic carbocycles. The van der Waals surface area contributed by atoms with Gasteiger partial charge in [0.1, 0.15) is 5.82 Å². The molecule has 0 saturated heterocycles. The predicted octanol–water partition coefficient (Wildman–Crippen LogP) is 2.54. The summed E-state index contributed by atoms with van der Waals surface area (Å²) in [6, 6.07) is 10.9. The molecule has 0 atom stereocenters. The molecule has 23 heavy (non-hydrogen) atoms. The number of halogens is 1. The molecule has 0 aromatic heterocycles. The molecule has 0 fully saturated rings. The standard InChI is InChI=1S/C16H13FN2O4/c17-12-3-1-2-11(6-12)8-18-23-9-16(20)19-13-4-5-14-15(7-13)22-10-21-14/h1-8H,9-10H2,(H,19,20)/b18-8-. The fourth-order valence-corrected chi connectivity index (χ4v) is 1.95. The van der Waals surface area contributed by atoms with Crippen LogP contribution in [0.4, 0.5) is 10.1 Å². The maximum absolute atomic E-state index is 13.0. The highest BCUT2D eigenvalue weighted by Crippen LogP contribution is 2.34. The van der Waals surface area contributed by atoms with Gasteiger partial charge in [-0.3, -0.25) is 4.79 Å².